The summed E-state index contributed by atoms with van der Waals surface area (Å²) < 4.78 is 4.57. The van der Waals surface area contributed by atoms with Crippen molar-refractivity contribution < 1.29 is 4.79 Å². The van der Waals surface area contributed by atoms with Gasteiger partial charge in [-0.25, -0.2) is 9.78 Å². The number of carbonyl (C=O) groups is 1. The zero-order valence-corrected chi connectivity index (χ0v) is 19.6. The Morgan fingerprint density at radius 2 is 1.88 bits per heavy atom. The van der Waals surface area contributed by atoms with Crippen LogP contribution in [0.15, 0.2) is 48.5 Å². The van der Waals surface area contributed by atoms with Crippen LogP contribution in [0.1, 0.15) is 42.3 Å². The van der Waals surface area contributed by atoms with E-state index in [1.54, 1.807) is 0 Å². The van der Waals surface area contributed by atoms with Crippen LogP contribution in [-0.4, -0.2) is 35.0 Å². The number of nitrogens with one attached hydrogen (secondary N) is 2. The Morgan fingerprint density at radius 3 is 2.62 bits per heavy atom. The SMILES string of the molecule is CCc1ccccc1NC(=O)NCC1CCN(c2nc(Cc3ccc(C)cc3)ns2)CC1. The third-order valence-corrected chi connectivity index (χ3v) is 6.84. The molecule has 32 heavy (non-hydrogen) atoms. The van der Waals surface area contributed by atoms with Gasteiger partial charge in [-0.1, -0.05) is 55.0 Å². The fourth-order valence-electron chi connectivity index (χ4n) is 4.02. The van der Waals surface area contributed by atoms with Crippen molar-refractivity contribution in [1.29, 1.82) is 0 Å². The van der Waals surface area contributed by atoms with Gasteiger partial charge in [0.25, 0.3) is 0 Å². The number of benzene rings is 2. The second-order valence-corrected chi connectivity index (χ2v) is 9.16. The monoisotopic (exact) mass is 449 g/mol. The van der Waals surface area contributed by atoms with Crippen molar-refractivity contribution in [2.24, 2.45) is 5.92 Å². The molecule has 1 fully saturated rings. The summed E-state index contributed by atoms with van der Waals surface area (Å²) >= 11 is 1.49. The summed E-state index contributed by atoms with van der Waals surface area (Å²) in [7, 11) is 0. The molecule has 1 aliphatic heterocycles. The van der Waals surface area contributed by atoms with E-state index >= 15 is 0 Å². The average molecular weight is 450 g/mol. The quantitative estimate of drug-likeness (QED) is 0.530. The van der Waals surface area contributed by atoms with Gasteiger partial charge in [0, 0.05) is 43.3 Å². The number of hydrogen-bond acceptors (Lipinski definition) is 5. The first-order valence-electron chi connectivity index (χ1n) is 11.4. The molecule has 0 atom stereocenters. The van der Waals surface area contributed by atoms with E-state index in [2.05, 4.69) is 58.0 Å². The molecule has 0 unspecified atom stereocenters. The van der Waals surface area contributed by atoms with Crippen LogP contribution in [0.2, 0.25) is 0 Å². The number of nitrogens with zero attached hydrogens (tertiary/aromatic N) is 3. The Morgan fingerprint density at radius 1 is 1.12 bits per heavy atom. The average Bonchev–Trinajstić information content (AvgIpc) is 3.28. The molecule has 168 valence electrons. The lowest BCUT2D eigenvalue weighted by atomic mass is 9.97. The van der Waals surface area contributed by atoms with E-state index in [4.69, 9.17) is 4.98 Å². The Bertz CT molecular complexity index is 1020. The highest BCUT2D eigenvalue weighted by atomic mass is 32.1. The first-order chi connectivity index (χ1) is 15.6. The third-order valence-electron chi connectivity index (χ3n) is 6.02. The van der Waals surface area contributed by atoms with Gasteiger partial charge in [-0.3, -0.25) is 0 Å². The second kappa shape index (κ2) is 10.6. The van der Waals surface area contributed by atoms with Crippen molar-refractivity contribution in [1.82, 2.24) is 14.7 Å². The van der Waals surface area contributed by atoms with Crippen molar-refractivity contribution in [2.45, 2.75) is 39.5 Å². The molecule has 0 aliphatic carbocycles. The van der Waals surface area contributed by atoms with Crippen LogP contribution >= 0.6 is 11.5 Å². The standard InChI is InChI=1S/C25H31N5OS/c1-3-21-6-4-5-7-22(21)27-24(31)26-17-20-12-14-30(15-13-20)25-28-23(29-32-25)16-19-10-8-18(2)9-11-19/h4-11,20H,3,12-17H2,1-2H3,(H2,26,27,31). The Balaban J connectivity index is 1.22. The number of hydrogen-bond donors (Lipinski definition) is 2. The van der Waals surface area contributed by atoms with E-state index in [9.17, 15) is 4.79 Å². The van der Waals surface area contributed by atoms with Gasteiger partial charge in [-0.15, -0.1) is 0 Å². The molecular weight excluding hydrogens is 418 g/mol. The zero-order chi connectivity index (χ0) is 22.3. The molecule has 6 nitrogen and oxygen atoms in total. The highest BCUT2D eigenvalue weighted by Crippen LogP contribution is 2.25. The van der Waals surface area contributed by atoms with Crippen LogP contribution in [-0.2, 0) is 12.8 Å². The maximum Gasteiger partial charge on any atom is 0.319 e. The Kier molecular flexibility index (Phi) is 7.37. The zero-order valence-electron chi connectivity index (χ0n) is 18.8. The van der Waals surface area contributed by atoms with E-state index in [-0.39, 0.29) is 6.03 Å². The summed E-state index contributed by atoms with van der Waals surface area (Å²) in [6.45, 7) is 6.79. The van der Waals surface area contributed by atoms with Gasteiger partial charge in [0.15, 0.2) is 0 Å². The minimum atomic E-state index is -0.127. The summed E-state index contributed by atoms with van der Waals surface area (Å²) in [5.41, 5.74) is 4.54. The van der Waals surface area contributed by atoms with Crippen molar-refractivity contribution in [3.8, 4) is 0 Å². The largest absolute Gasteiger partial charge is 0.347 e. The number of carbonyl (C=O) groups excluding carboxylic acids is 1. The van der Waals surface area contributed by atoms with Crippen LogP contribution < -0.4 is 15.5 Å². The van der Waals surface area contributed by atoms with Crippen LogP contribution in [0.25, 0.3) is 0 Å². The summed E-state index contributed by atoms with van der Waals surface area (Å²) in [6.07, 6.45) is 3.75. The third kappa shape index (κ3) is 5.85. The van der Waals surface area contributed by atoms with Crippen LogP contribution in [0, 0.1) is 12.8 Å². The fraction of sp³-hybridized carbons (Fsp3) is 0.400. The van der Waals surface area contributed by atoms with E-state index in [0.29, 0.717) is 12.5 Å². The highest BCUT2D eigenvalue weighted by Gasteiger charge is 2.22. The number of urea groups is 1. The molecule has 0 bridgehead atoms. The molecule has 1 aliphatic rings. The number of piperidine rings is 1. The predicted molar refractivity (Wildman–Crippen MR) is 132 cm³/mol. The molecule has 4 rings (SSSR count). The normalized spacial score (nSPS) is 14.4. The van der Waals surface area contributed by atoms with Gasteiger partial charge < -0.3 is 15.5 Å². The lowest BCUT2D eigenvalue weighted by molar-refractivity contribution is 0.248. The number of para-hydroxylation sites is 1. The minimum absolute atomic E-state index is 0.127. The summed E-state index contributed by atoms with van der Waals surface area (Å²) in [6, 6.07) is 16.4. The molecule has 1 saturated heterocycles. The summed E-state index contributed by atoms with van der Waals surface area (Å²) in [4.78, 5) is 19.4. The molecule has 0 radical (unpaired) electrons. The Hall–Kier alpha value is -2.93. The first kappa shape index (κ1) is 22.3. The fourth-order valence-corrected chi connectivity index (χ4v) is 4.75. The molecule has 2 amide bonds. The molecule has 0 spiro atoms. The molecule has 3 aromatic rings. The van der Waals surface area contributed by atoms with Gasteiger partial charge in [-0.05, 0) is 49.3 Å². The lowest BCUT2D eigenvalue weighted by Crippen LogP contribution is -2.39. The van der Waals surface area contributed by atoms with E-state index in [1.807, 2.05) is 24.3 Å². The number of amides is 2. The molecule has 0 saturated carbocycles. The minimum Gasteiger partial charge on any atom is -0.347 e. The van der Waals surface area contributed by atoms with Crippen molar-refractivity contribution in [3.63, 3.8) is 0 Å². The number of rotatable bonds is 7. The maximum absolute atomic E-state index is 12.3. The van der Waals surface area contributed by atoms with Gasteiger partial charge >= 0.3 is 6.03 Å². The topological polar surface area (TPSA) is 70.2 Å². The van der Waals surface area contributed by atoms with Gasteiger partial charge in [-0.2, -0.15) is 4.37 Å². The van der Waals surface area contributed by atoms with Gasteiger partial charge in [0.05, 0.1) is 0 Å². The Labute approximate surface area is 194 Å². The smallest absolute Gasteiger partial charge is 0.319 e. The molecule has 1 aromatic heterocycles. The summed E-state index contributed by atoms with van der Waals surface area (Å²) in [5.74, 6) is 1.38. The summed E-state index contributed by atoms with van der Waals surface area (Å²) in [5, 5.41) is 7.04. The van der Waals surface area contributed by atoms with E-state index in [1.165, 1.54) is 22.7 Å². The molecular formula is C25H31N5OS. The highest BCUT2D eigenvalue weighted by molar-refractivity contribution is 7.09. The number of aromatic nitrogens is 2. The number of aryl methyl sites for hydroxylation is 2. The molecule has 7 heteroatoms. The van der Waals surface area contributed by atoms with Crippen molar-refractivity contribution >= 4 is 28.4 Å². The van der Waals surface area contributed by atoms with Gasteiger partial charge in [0.2, 0.25) is 5.13 Å². The maximum atomic E-state index is 12.3. The predicted octanol–water partition coefficient (Wildman–Crippen LogP) is 5.04. The van der Waals surface area contributed by atoms with Gasteiger partial charge in [0.1, 0.15) is 5.82 Å². The van der Waals surface area contributed by atoms with E-state index < -0.39 is 0 Å². The van der Waals surface area contributed by atoms with E-state index in [0.717, 1.165) is 61.0 Å². The van der Waals surface area contributed by atoms with Crippen LogP contribution in [0.5, 0.6) is 0 Å². The molecule has 2 N–H and O–H groups in total. The number of anilines is 2. The second-order valence-electron chi connectivity index (χ2n) is 8.43. The molecule has 2 aromatic carbocycles. The van der Waals surface area contributed by atoms with Crippen molar-refractivity contribution in [3.05, 3.63) is 71.0 Å². The van der Waals surface area contributed by atoms with Crippen LogP contribution in [0.3, 0.4) is 0 Å². The van der Waals surface area contributed by atoms with Crippen molar-refractivity contribution in [2.75, 3.05) is 29.9 Å². The molecule has 2 heterocycles. The lowest BCUT2D eigenvalue weighted by Gasteiger charge is -2.31. The van der Waals surface area contributed by atoms with Crippen LogP contribution in [0.4, 0.5) is 15.6 Å². The first-order valence-corrected chi connectivity index (χ1v) is 12.1.